The van der Waals surface area contributed by atoms with Gasteiger partial charge in [0.25, 0.3) is 0 Å². The number of carbonyl (C=O) groups excluding carboxylic acids is 2. The van der Waals surface area contributed by atoms with Crippen molar-refractivity contribution in [2.45, 2.75) is 32.8 Å². The SMILES string of the molecule is CN(C)C(=O)Cc1ccc(NC(=O)COC(C)(C)C)cc1. The largest absolute Gasteiger partial charge is 0.366 e. The number of hydrogen-bond acceptors (Lipinski definition) is 3. The number of likely N-dealkylation sites (N-methyl/N-ethyl adjacent to an activating group) is 1. The molecule has 2 amide bonds. The minimum Gasteiger partial charge on any atom is -0.366 e. The van der Waals surface area contributed by atoms with Crippen LogP contribution >= 0.6 is 0 Å². The van der Waals surface area contributed by atoms with Crippen molar-refractivity contribution in [2.24, 2.45) is 0 Å². The van der Waals surface area contributed by atoms with Crippen LogP contribution in [0, 0.1) is 0 Å². The number of ether oxygens (including phenoxy) is 1. The minimum atomic E-state index is -0.340. The standard InChI is InChI=1S/C16H24N2O3/c1-16(2,3)21-11-14(19)17-13-8-6-12(7-9-13)10-15(20)18(4)5/h6-9H,10-11H2,1-5H3,(H,17,19). The Kier molecular flexibility index (Phi) is 5.90. The average molecular weight is 292 g/mol. The summed E-state index contributed by atoms with van der Waals surface area (Å²) in [5.74, 6) is -0.146. The van der Waals surface area contributed by atoms with Gasteiger partial charge in [-0.3, -0.25) is 9.59 Å². The molecule has 0 aliphatic rings. The summed E-state index contributed by atoms with van der Waals surface area (Å²) in [6, 6.07) is 7.24. The van der Waals surface area contributed by atoms with E-state index in [2.05, 4.69) is 5.32 Å². The maximum atomic E-state index is 11.7. The molecule has 21 heavy (non-hydrogen) atoms. The zero-order valence-electron chi connectivity index (χ0n) is 13.4. The smallest absolute Gasteiger partial charge is 0.250 e. The first-order valence-corrected chi connectivity index (χ1v) is 6.90. The van der Waals surface area contributed by atoms with Gasteiger partial charge in [0.2, 0.25) is 11.8 Å². The van der Waals surface area contributed by atoms with Gasteiger partial charge < -0.3 is 15.0 Å². The molecule has 0 bridgehead atoms. The summed E-state index contributed by atoms with van der Waals surface area (Å²) in [7, 11) is 3.46. The van der Waals surface area contributed by atoms with Crippen LogP contribution in [0.25, 0.3) is 0 Å². The predicted octanol–water partition coefficient (Wildman–Crippen LogP) is 2.07. The van der Waals surface area contributed by atoms with E-state index in [4.69, 9.17) is 4.74 Å². The monoisotopic (exact) mass is 292 g/mol. The highest BCUT2D eigenvalue weighted by molar-refractivity contribution is 5.91. The molecule has 0 unspecified atom stereocenters. The lowest BCUT2D eigenvalue weighted by molar-refractivity contribution is -0.128. The van der Waals surface area contributed by atoms with E-state index in [1.807, 2.05) is 32.9 Å². The van der Waals surface area contributed by atoms with Crippen LogP contribution in [-0.2, 0) is 20.7 Å². The molecule has 0 atom stereocenters. The van der Waals surface area contributed by atoms with Crippen molar-refractivity contribution in [3.05, 3.63) is 29.8 Å². The molecule has 0 fully saturated rings. The number of benzene rings is 1. The molecule has 116 valence electrons. The van der Waals surface area contributed by atoms with E-state index in [0.717, 1.165) is 5.56 Å². The van der Waals surface area contributed by atoms with E-state index in [0.29, 0.717) is 12.1 Å². The predicted molar refractivity (Wildman–Crippen MR) is 83.2 cm³/mol. The van der Waals surface area contributed by atoms with E-state index < -0.39 is 0 Å². The molecule has 0 saturated heterocycles. The number of carbonyl (C=O) groups is 2. The Morgan fingerprint density at radius 3 is 2.19 bits per heavy atom. The Bertz CT molecular complexity index is 487. The van der Waals surface area contributed by atoms with E-state index >= 15 is 0 Å². The Labute approximate surface area is 126 Å². The fourth-order valence-corrected chi connectivity index (χ4v) is 1.52. The Morgan fingerprint density at radius 2 is 1.71 bits per heavy atom. The second-order valence-electron chi connectivity index (χ2n) is 6.11. The lowest BCUT2D eigenvalue weighted by atomic mass is 10.1. The molecule has 0 spiro atoms. The molecule has 1 rings (SSSR count). The van der Waals surface area contributed by atoms with Gasteiger partial charge in [0.15, 0.2) is 0 Å². The lowest BCUT2D eigenvalue weighted by Crippen LogP contribution is -2.27. The van der Waals surface area contributed by atoms with Gasteiger partial charge in [0, 0.05) is 19.8 Å². The van der Waals surface area contributed by atoms with Gasteiger partial charge >= 0.3 is 0 Å². The van der Waals surface area contributed by atoms with Crippen molar-refractivity contribution in [2.75, 3.05) is 26.0 Å². The molecule has 1 aromatic carbocycles. The van der Waals surface area contributed by atoms with Gasteiger partial charge in [-0.25, -0.2) is 0 Å². The third-order valence-corrected chi connectivity index (χ3v) is 2.73. The highest BCUT2D eigenvalue weighted by atomic mass is 16.5. The lowest BCUT2D eigenvalue weighted by Gasteiger charge is -2.19. The molecule has 0 aromatic heterocycles. The van der Waals surface area contributed by atoms with Crippen LogP contribution in [0.3, 0.4) is 0 Å². The molecule has 0 saturated carbocycles. The summed E-state index contributed by atoms with van der Waals surface area (Å²) in [6.45, 7) is 5.72. The quantitative estimate of drug-likeness (QED) is 0.904. The fraction of sp³-hybridized carbons (Fsp3) is 0.500. The van der Waals surface area contributed by atoms with E-state index in [-0.39, 0.29) is 24.0 Å². The first-order chi connectivity index (χ1) is 9.67. The van der Waals surface area contributed by atoms with Crippen molar-refractivity contribution < 1.29 is 14.3 Å². The van der Waals surface area contributed by atoms with Crippen LogP contribution < -0.4 is 5.32 Å². The van der Waals surface area contributed by atoms with Gasteiger partial charge in [0.05, 0.1) is 12.0 Å². The molecule has 5 heteroatoms. The number of amides is 2. The zero-order valence-corrected chi connectivity index (χ0v) is 13.4. The second kappa shape index (κ2) is 7.22. The summed E-state index contributed by atoms with van der Waals surface area (Å²) in [5.41, 5.74) is 1.27. The van der Waals surface area contributed by atoms with Gasteiger partial charge in [-0.15, -0.1) is 0 Å². The summed E-state index contributed by atoms with van der Waals surface area (Å²) in [6.07, 6.45) is 0.356. The van der Waals surface area contributed by atoms with E-state index in [1.54, 1.807) is 31.1 Å². The maximum absolute atomic E-state index is 11.7. The first-order valence-electron chi connectivity index (χ1n) is 6.90. The number of rotatable bonds is 5. The minimum absolute atomic E-state index is 0.0182. The van der Waals surface area contributed by atoms with Crippen LogP contribution in [-0.4, -0.2) is 43.0 Å². The van der Waals surface area contributed by atoms with Gasteiger partial charge in [-0.05, 0) is 38.5 Å². The molecule has 0 heterocycles. The molecular formula is C16H24N2O3. The third-order valence-electron chi connectivity index (χ3n) is 2.73. The first kappa shape index (κ1) is 17.2. The Hall–Kier alpha value is -1.88. The van der Waals surface area contributed by atoms with E-state index in [1.165, 1.54) is 0 Å². The maximum Gasteiger partial charge on any atom is 0.250 e. The Balaban J connectivity index is 2.51. The van der Waals surface area contributed by atoms with Gasteiger partial charge in [-0.2, -0.15) is 0 Å². The number of nitrogens with zero attached hydrogens (tertiary/aromatic N) is 1. The number of hydrogen-bond donors (Lipinski definition) is 1. The van der Waals surface area contributed by atoms with Crippen molar-refractivity contribution in [1.82, 2.24) is 4.90 Å². The van der Waals surface area contributed by atoms with Crippen LogP contribution in [0.15, 0.2) is 24.3 Å². The summed E-state index contributed by atoms with van der Waals surface area (Å²) < 4.78 is 5.40. The second-order valence-corrected chi connectivity index (χ2v) is 6.11. The molecule has 1 N–H and O–H groups in total. The molecule has 0 aliphatic heterocycles. The summed E-state index contributed by atoms with van der Waals surface area (Å²) >= 11 is 0. The normalized spacial score (nSPS) is 11.1. The summed E-state index contributed by atoms with van der Waals surface area (Å²) in [5, 5.41) is 2.76. The van der Waals surface area contributed by atoms with E-state index in [9.17, 15) is 9.59 Å². The van der Waals surface area contributed by atoms with Gasteiger partial charge in [-0.1, -0.05) is 12.1 Å². The zero-order chi connectivity index (χ0) is 16.0. The molecule has 5 nitrogen and oxygen atoms in total. The molecule has 0 aliphatic carbocycles. The van der Waals surface area contributed by atoms with Crippen LogP contribution in [0.5, 0.6) is 0 Å². The van der Waals surface area contributed by atoms with Crippen molar-refractivity contribution in [3.63, 3.8) is 0 Å². The van der Waals surface area contributed by atoms with Gasteiger partial charge in [0.1, 0.15) is 6.61 Å². The summed E-state index contributed by atoms with van der Waals surface area (Å²) in [4.78, 5) is 24.9. The van der Waals surface area contributed by atoms with Crippen molar-refractivity contribution >= 4 is 17.5 Å². The van der Waals surface area contributed by atoms with Crippen LogP contribution in [0.1, 0.15) is 26.3 Å². The van der Waals surface area contributed by atoms with Crippen LogP contribution in [0.4, 0.5) is 5.69 Å². The fourth-order valence-electron chi connectivity index (χ4n) is 1.52. The highest BCUT2D eigenvalue weighted by Gasteiger charge is 2.13. The van der Waals surface area contributed by atoms with Crippen molar-refractivity contribution in [3.8, 4) is 0 Å². The van der Waals surface area contributed by atoms with Crippen molar-refractivity contribution in [1.29, 1.82) is 0 Å². The third kappa shape index (κ3) is 6.90. The average Bonchev–Trinajstić information content (AvgIpc) is 2.38. The number of anilines is 1. The molecular weight excluding hydrogens is 268 g/mol. The molecule has 1 aromatic rings. The topological polar surface area (TPSA) is 58.6 Å². The highest BCUT2D eigenvalue weighted by Crippen LogP contribution is 2.11. The number of nitrogens with one attached hydrogen (secondary N) is 1. The van der Waals surface area contributed by atoms with Crippen LogP contribution in [0.2, 0.25) is 0 Å². The molecule has 0 radical (unpaired) electrons. The Morgan fingerprint density at radius 1 is 1.14 bits per heavy atom.